The zero-order chi connectivity index (χ0) is 29.4. The zero-order valence-electron chi connectivity index (χ0n) is 23.2. The molecule has 3 rings (SSSR count). The fourth-order valence-corrected chi connectivity index (χ4v) is 5.67. The van der Waals surface area contributed by atoms with E-state index in [0.29, 0.717) is 17.3 Å². The molecule has 1 N–H and O–H groups in total. The van der Waals surface area contributed by atoms with Gasteiger partial charge < -0.3 is 19.7 Å². The molecule has 11 heteroatoms. The first-order valence-corrected chi connectivity index (χ1v) is 14.5. The molecule has 0 aromatic heterocycles. The number of ether oxygens (including phenoxy) is 2. The molecule has 2 amide bonds. The Labute approximate surface area is 240 Å². The van der Waals surface area contributed by atoms with E-state index in [1.54, 1.807) is 26.0 Å². The van der Waals surface area contributed by atoms with Crippen LogP contribution >= 0.6 is 11.6 Å². The Morgan fingerprint density at radius 3 is 2.23 bits per heavy atom. The lowest BCUT2D eigenvalue weighted by Gasteiger charge is -2.32. The second-order valence-corrected chi connectivity index (χ2v) is 11.3. The van der Waals surface area contributed by atoms with Gasteiger partial charge in [-0.3, -0.25) is 13.9 Å². The molecule has 0 heterocycles. The predicted octanol–water partition coefficient (Wildman–Crippen LogP) is 4.41. The van der Waals surface area contributed by atoms with Crippen LogP contribution in [0.2, 0.25) is 5.02 Å². The lowest BCUT2D eigenvalue weighted by Crippen LogP contribution is -2.51. The molecule has 0 aliphatic rings. The summed E-state index contributed by atoms with van der Waals surface area (Å²) >= 11 is 6.07. The number of carbonyl (C=O) groups excluding carboxylic acids is 2. The summed E-state index contributed by atoms with van der Waals surface area (Å²) in [5, 5.41) is 3.15. The van der Waals surface area contributed by atoms with Crippen LogP contribution in [0.5, 0.6) is 11.5 Å². The van der Waals surface area contributed by atoms with E-state index in [4.69, 9.17) is 21.1 Å². The third-order valence-corrected chi connectivity index (χ3v) is 8.48. The minimum atomic E-state index is -4.28. The van der Waals surface area contributed by atoms with E-state index >= 15 is 0 Å². The fraction of sp³-hybridized carbons (Fsp3) is 0.310. The van der Waals surface area contributed by atoms with Crippen molar-refractivity contribution in [3.8, 4) is 11.5 Å². The minimum absolute atomic E-state index is 0.102. The maximum atomic E-state index is 14.0. The van der Waals surface area contributed by atoms with E-state index < -0.39 is 28.5 Å². The molecule has 0 aliphatic heterocycles. The highest BCUT2D eigenvalue weighted by Gasteiger charge is 2.33. The number of likely N-dealkylation sites (N-methyl/N-ethyl adjacent to an activating group) is 1. The summed E-state index contributed by atoms with van der Waals surface area (Å²) in [6, 6.07) is 17.0. The first-order valence-electron chi connectivity index (χ1n) is 12.7. The topological polar surface area (TPSA) is 105 Å². The Hall–Kier alpha value is -3.76. The van der Waals surface area contributed by atoms with Crippen molar-refractivity contribution in [3.63, 3.8) is 0 Å². The number of methoxy groups -OCH3 is 2. The summed E-state index contributed by atoms with van der Waals surface area (Å²) in [5.41, 5.74) is 2.01. The first kappa shape index (κ1) is 30.8. The van der Waals surface area contributed by atoms with Crippen LogP contribution in [0.15, 0.2) is 71.6 Å². The van der Waals surface area contributed by atoms with E-state index in [2.05, 4.69) is 5.32 Å². The van der Waals surface area contributed by atoms with Crippen molar-refractivity contribution in [2.45, 2.75) is 38.3 Å². The Bertz CT molecular complexity index is 1450. The Morgan fingerprint density at radius 1 is 0.975 bits per heavy atom. The molecule has 0 unspecified atom stereocenters. The van der Waals surface area contributed by atoms with E-state index in [0.717, 1.165) is 15.4 Å². The molecule has 0 fully saturated rings. The van der Waals surface area contributed by atoms with Gasteiger partial charge in [-0.2, -0.15) is 0 Å². The van der Waals surface area contributed by atoms with Crippen LogP contribution in [-0.2, 0) is 26.2 Å². The van der Waals surface area contributed by atoms with Gasteiger partial charge in [0.2, 0.25) is 11.8 Å². The number of hydrogen-bond acceptors (Lipinski definition) is 6. The van der Waals surface area contributed by atoms with Gasteiger partial charge in [0.25, 0.3) is 10.0 Å². The highest BCUT2D eigenvalue weighted by Crippen LogP contribution is 2.32. The predicted molar refractivity (Wildman–Crippen MR) is 155 cm³/mol. The second kappa shape index (κ2) is 13.5. The minimum Gasteiger partial charge on any atom is -0.493 e. The number of halogens is 1. The average molecular weight is 588 g/mol. The van der Waals surface area contributed by atoms with E-state index in [9.17, 15) is 18.0 Å². The first-order chi connectivity index (χ1) is 19.0. The largest absolute Gasteiger partial charge is 0.493 e. The average Bonchev–Trinajstić information content (AvgIpc) is 2.95. The third-order valence-electron chi connectivity index (χ3n) is 6.46. The molecule has 1 atom stereocenters. The van der Waals surface area contributed by atoms with Gasteiger partial charge in [-0.05, 0) is 68.3 Å². The van der Waals surface area contributed by atoms with Gasteiger partial charge in [0.05, 0.1) is 24.8 Å². The highest BCUT2D eigenvalue weighted by atomic mass is 35.5. The van der Waals surface area contributed by atoms with Crippen LogP contribution in [0.25, 0.3) is 0 Å². The number of hydrogen-bond donors (Lipinski definition) is 1. The van der Waals surface area contributed by atoms with Gasteiger partial charge in [0, 0.05) is 24.2 Å². The standard InChI is InChI=1S/C29H34ClN3O6S/c1-6-31-29(35)21(3)32(18-22-10-8-7-9-20(22)2)28(34)19-33(24-13-11-23(30)12-14-24)40(36,37)25-15-16-26(38-4)27(17-25)39-5/h7-17,21H,6,18-19H2,1-5H3,(H,31,35)/t21-/m1/s1. The number of nitrogens with one attached hydrogen (secondary N) is 1. The molecule has 3 aromatic rings. The number of sulfonamides is 1. The Balaban J connectivity index is 2.08. The van der Waals surface area contributed by atoms with Crippen LogP contribution in [0.4, 0.5) is 5.69 Å². The summed E-state index contributed by atoms with van der Waals surface area (Å²) in [4.78, 5) is 28.0. The van der Waals surface area contributed by atoms with Crippen molar-refractivity contribution < 1.29 is 27.5 Å². The molecule has 40 heavy (non-hydrogen) atoms. The van der Waals surface area contributed by atoms with Crippen LogP contribution in [0, 0.1) is 6.92 Å². The molecule has 0 bridgehead atoms. The number of anilines is 1. The molecule has 9 nitrogen and oxygen atoms in total. The molecular weight excluding hydrogens is 554 g/mol. The van der Waals surface area contributed by atoms with Gasteiger partial charge >= 0.3 is 0 Å². The summed E-state index contributed by atoms with van der Waals surface area (Å²) in [5.74, 6) is -0.320. The molecule has 214 valence electrons. The van der Waals surface area contributed by atoms with Crippen molar-refractivity contribution in [2.75, 3.05) is 31.6 Å². The number of benzene rings is 3. The number of aryl methyl sites for hydroxylation is 1. The second-order valence-electron chi connectivity index (χ2n) is 9.02. The van der Waals surface area contributed by atoms with Crippen LogP contribution in [0.1, 0.15) is 25.0 Å². The lowest BCUT2D eigenvalue weighted by atomic mass is 10.1. The third kappa shape index (κ3) is 7.05. The van der Waals surface area contributed by atoms with E-state index in [-0.39, 0.29) is 28.8 Å². The quantitative estimate of drug-likeness (QED) is 0.336. The van der Waals surface area contributed by atoms with Crippen molar-refractivity contribution in [1.29, 1.82) is 0 Å². The molecule has 0 saturated heterocycles. The molecular formula is C29H34ClN3O6S. The van der Waals surface area contributed by atoms with Crippen LogP contribution < -0.4 is 19.1 Å². The number of nitrogens with zero attached hydrogens (tertiary/aromatic N) is 2. The Morgan fingerprint density at radius 2 is 1.62 bits per heavy atom. The normalized spacial score (nSPS) is 11.8. The highest BCUT2D eigenvalue weighted by molar-refractivity contribution is 7.92. The summed E-state index contributed by atoms with van der Waals surface area (Å²) in [6.07, 6.45) is 0. The monoisotopic (exact) mass is 587 g/mol. The zero-order valence-corrected chi connectivity index (χ0v) is 24.8. The van der Waals surface area contributed by atoms with Crippen LogP contribution in [-0.4, -0.2) is 58.5 Å². The molecule has 0 saturated carbocycles. The van der Waals surface area contributed by atoms with E-state index in [1.165, 1.54) is 49.5 Å². The van der Waals surface area contributed by atoms with Crippen molar-refractivity contribution in [1.82, 2.24) is 10.2 Å². The van der Waals surface area contributed by atoms with Crippen molar-refractivity contribution >= 4 is 39.1 Å². The molecule has 0 spiro atoms. The maximum Gasteiger partial charge on any atom is 0.264 e. The van der Waals surface area contributed by atoms with Gasteiger partial charge in [0.15, 0.2) is 11.5 Å². The SMILES string of the molecule is CCNC(=O)[C@@H](C)N(Cc1ccccc1C)C(=O)CN(c1ccc(Cl)cc1)S(=O)(=O)c1ccc(OC)c(OC)c1. The molecule has 0 aliphatic carbocycles. The fourth-order valence-electron chi connectivity index (χ4n) is 4.12. The molecule has 0 radical (unpaired) electrons. The van der Waals surface area contributed by atoms with Gasteiger partial charge in [-0.1, -0.05) is 35.9 Å². The molecule has 3 aromatic carbocycles. The van der Waals surface area contributed by atoms with Gasteiger partial charge in [-0.25, -0.2) is 8.42 Å². The summed E-state index contributed by atoms with van der Waals surface area (Å²) in [6.45, 7) is 5.27. The van der Waals surface area contributed by atoms with Gasteiger partial charge in [0.1, 0.15) is 12.6 Å². The Kier molecular flexibility index (Phi) is 10.4. The summed E-state index contributed by atoms with van der Waals surface area (Å²) in [7, 11) is -1.43. The number of amides is 2. The van der Waals surface area contributed by atoms with E-state index in [1.807, 2.05) is 31.2 Å². The van der Waals surface area contributed by atoms with Crippen molar-refractivity contribution in [3.05, 3.63) is 82.9 Å². The smallest absolute Gasteiger partial charge is 0.264 e. The van der Waals surface area contributed by atoms with Gasteiger partial charge in [-0.15, -0.1) is 0 Å². The van der Waals surface area contributed by atoms with Crippen molar-refractivity contribution in [2.24, 2.45) is 0 Å². The number of carbonyl (C=O) groups is 2. The number of rotatable bonds is 12. The maximum absolute atomic E-state index is 14.0. The van der Waals surface area contributed by atoms with Crippen LogP contribution in [0.3, 0.4) is 0 Å². The lowest BCUT2D eigenvalue weighted by molar-refractivity contribution is -0.139. The summed E-state index contributed by atoms with van der Waals surface area (Å²) < 4.78 is 39.6.